The van der Waals surface area contributed by atoms with Gasteiger partial charge < -0.3 is 18.9 Å². The van der Waals surface area contributed by atoms with Crippen LogP contribution in [0, 0.1) is 0 Å². The molecule has 5 heteroatoms. The van der Waals surface area contributed by atoms with Gasteiger partial charge >= 0.3 is 0 Å². The third-order valence-corrected chi connectivity index (χ3v) is 2.72. The Morgan fingerprint density at radius 1 is 1.38 bits per heavy atom. The first-order valence-corrected chi connectivity index (χ1v) is 5.18. The Morgan fingerprint density at radius 3 is 2.56 bits per heavy atom. The van der Waals surface area contributed by atoms with E-state index >= 15 is 0 Å². The van der Waals surface area contributed by atoms with Gasteiger partial charge in [-0.3, -0.25) is 4.79 Å². The predicted molar refractivity (Wildman–Crippen MR) is 54.7 cm³/mol. The van der Waals surface area contributed by atoms with E-state index in [4.69, 9.17) is 18.9 Å². The summed E-state index contributed by atoms with van der Waals surface area (Å²) in [6, 6.07) is 0. The van der Waals surface area contributed by atoms with Crippen molar-refractivity contribution in [2.75, 3.05) is 7.11 Å². The van der Waals surface area contributed by atoms with E-state index in [-0.39, 0.29) is 11.9 Å². The van der Waals surface area contributed by atoms with E-state index in [2.05, 4.69) is 6.58 Å². The fourth-order valence-corrected chi connectivity index (χ4v) is 2.10. The summed E-state index contributed by atoms with van der Waals surface area (Å²) in [5, 5.41) is 0. The highest BCUT2D eigenvalue weighted by atomic mass is 16.8. The van der Waals surface area contributed by atoms with Gasteiger partial charge in [0, 0.05) is 7.11 Å². The normalized spacial score (nSPS) is 40.7. The highest BCUT2D eigenvalue weighted by Crippen LogP contribution is 2.39. The van der Waals surface area contributed by atoms with Crippen LogP contribution in [0.3, 0.4) is 0 Å². The number of carbonyl (C=O) groups excluding carboxylic acids is 1. The van der Waals surface area contributed by atoms with Crippen LogP contribution in [0.15, 0.2) is 12.7 Å². The van der Waals surface area contributed by atoms with E-state index in [9.17, 15) is 4.79 Å². The van der Waals surface area contributed by atoms with E-state index in [0.29, 0.717) is 0 Å². The number of ether oxygens (including phenoxy) is 4. The van der Waals surface area contributed by atoms with E-state index in [1.54, 1.807) is 13.8 Å². The minimum atomic E-state index is -0.713. The largest absolute Gasteiger partial charge is 0.353 e. The first kappa shape index (κ1) is 11.7. The lowest BCUT2D eigenvalue weighted by Crippen LogP contribution is -2.34. The summed E-state index contributed by atoms with van der Waals surface area (Å²) < 4.78 is 21.8. The molecule has 5 nitrogen and oxygen atoms in total. The molecule has 0 spiro atoms. The second-order valence-corrected chi connectivity index (χ2v) is 4.33. The summed E-state index contributed by atoms with van der Waals surface area (Å²) in [5.74, 6) is -0.925. The Balaban J connectivity index is 2.20. The van der Waals surface area contributed by atoms with Gasteiger partial charge in [-0.25, -0.2) is 0 Å². The molecule has 2 aliphatic heterocycles. The van der Waals surface area contributed by atoms with Crippen molar-refractivity contribution in [2.45, 2.75) is 44.2 Å². The fourth-order valence-electron chi connectivity index (χ4n) is 2.10. The molecule has 90 valence electrons. The summed E-state index contributed by atoms with van der Waals surface area (Å²) in [6.45, 7) is 7.04. The number of methoxy groups -OCH3 is 1. The molecule has 2 heterocycles. The molecule has 2 aliphatic rings. The van der Waals surface area contributed by atoms with Crippen molar-refractivity contribution >= 4 is 5.78 Å². The van der Waals surface area contributed by atoms with Crippen molar-refractivity contribution in [3.8, 4) is 0 Å². The SMILES string of the molecule is C=CC(=O)[C@H]1O[C@H](OC)[C@H]2OC(C)(C)O[C@H]21. The second-order valence-electron chi connectivity index (χ2n) is 4.33. The minimum absolute atomic E-state index is 0.212. The predicted octanol–water partition coefficient (Wildman–Crippen LogP) is 0.633. The molecule has 2 fully saturated rings. The number of carbonyl (C=O) groups is 1. The Kier molecular flexibility index (Phi) is 2.88. The van der Waals surface area contributed by atoms with Gasteiger partial charge in [-0.05, 0) is 19.9 Å². The van der Waals surface area contributed by atoms with Crippen LogP contribution in [0.2, 0.25) is 0 Å². The van der Waals surface area contributed by atoms with E-state index in [1.165, 1.54) is 13.2 Å². The summed E-state index contributed by atoms with van der Waals surface area (Å²) in [5.41, 5.74) is 0. The molecule has 0 aromatic rings. The highest BCUT2D eigenvalue weighted by Gasteiger charge is 2.57. The van der Waals surface area contributed by atoms with Crippen LogP contribution >= 0.6 is 0 Å². The molecule has 2 rings (SSSR count). The van der Waals surface area contributed by atoms with Gasteiger partial charge in [-0.1, -0.05) is 6.58 Å². The van der Waals surface area contributed by atoms with Crippen LogP contribution in [0.5, 0.6) is 0 Å². The summed E-state index contributed by atoms with van der Waals surface area (Å²) >= 11 is 0. The van der Waals surface area contributed by atoms with Crippen LogP contribution in [0.1, 0.15) is 13.8 Å². The van der Waals surface area contributed by atoms with Crippen molar-refractivity contribution in [1.82, 2.24) is 0 Å². The van der Waals surface area contributed by atoms with Crippen LogP contribution in [-0.4, -0.2) is 43.3 Å². The van der Waals surface area contributed by atoms with Gasteiger partial charge in [-0.15, -0.1) is 0 Å². The van der Waals surface area contributed by atoms with Gasteiger partial charge in [0.25, 0.3) is 0 Å². The van der Waals surface area contributed by atoms with Gasteiger partial charge in [0.1, 0.15) is 12.2 Å². The second kappa shape index (κ2) is 3.92. The third kappa shape index (κ3) is 1.80. The maximum atomic E-state index is 11.6. The first-order chi connectivity index (χ1) is 7.48. The molecular formula is C11H16O5. The lowest BCUT2D eigenvalue weighted by atomic mass is 10.1. The fraction of sp³-hybridized carbons (Fsp3) is 0.727. The van der Waals surface area contributed by atoms with Crippen molar-refractivity contribution in [1.29, 1.82) is 0 Å². The van der Waals surface area contributed by atoms with Crippen LogP contribution < -0.4 is 0 Å². The number of ketones is 1. The Labute approximate surface area is 94.3 Å². The van der Waals surface area contributed by atoms with Gasteiger partial charge in [0.2, 0.25) is 0 Å². The quantitative estimate of drug-likeness (QED) is 0.663. The molecular weight excluding hydrogens is 212 g/mol. The zero-order valence-electron chi connectivity index (χ0n) is 9.64. The maximum Gasteiger partial charge on any atom is 0.187 e. The maximum absolute atomic E-state index is 11.6. The van der Waals surface area contributed by atoms with E-state index < -0.39 is 24.3 Å². The standard InChI is InChI=1S/C11H16O5/c1-5-6(12)7-8-9(10(13-4)14-7)16-11(2,3)15-8/h5,7-10H,1H2,2-4H3/t7-,8+,9+,10+/m1/s1. The Hall–Kier alpha value is -0.750. The molecule has 2 saturated heterocycles. The zero-order valence-corrected chi connectivity index (χ0v) is 9.64. The van der Waals surface area contributed by atoms with Crippen LogP contribution in [0.25, 0.3) is 0 Å². The Bertz CT molecular complexity index is 311. The van der Waals surface area contributed by atoms with Crippen molar-refractivity contribution < 1.29 is 23.7 Å². The molecule has 0 saturated carbocycles. The van der Waals surface area contributed by atoms with Crippen LogP contribution in [-0.2, 0) is 23.7 Å². The van der Waals surface area contributed by atoms with Crippen LogP contribution in [0.4, 0.5) is 0 Å². The van der Waals surface area contributed by atoms with Gasteiger partial charge in [0.05, 0.1) is 0 Å². The number of rotatable bonds is 3. The lowest BCUT2D eigenvalue weighted by Gasteiger charge is -2.22. The molecule has 16 heavy (non-hydrogen) atoms. The molecule has 0 N–H and O–H groups in total. The Morgan fingerprint density at radius 2 is 2.00 bits per heavy atom. The average molecular weight is 228 g/mol. The molecule has 4 atom stereocenters. The number of hydrogen-bond donors (Lipinski definition) is 0. The first-order valence-electron chi connectivity index (χ1n) is 5.18. The lowest BCUT2D eigenvalue weighted by molar-refractivity contribution is -0.224. The minimum Gasteiger partial charge on any atom is -0.353 e. The van der Waals surface area contributed by atoms with Gasteiger partial charge in [-0.2, -0.15) is 0 Å². The van der Waals surface area contributed by atoms with E-state index in [0.717, 1.165) is 0 Å². The zero-order chi connectivity index (χ0) is 11.9. The monoisotopic (exact) mass is 228 g/mol. The highest BCUT2D eigenvalue weighted by molar-refractivity contribution is 5.93. The van der Waals surface area contributed by atoms with Gasteiger partial charge in [0.15, 0.2) is 24.0 Å². The van der Waals surface area contributed by atoms with Crippen molar-refractivity contribution in [3.05, 3.63) is 12.7 Å². The number of hydrogen-bond acceptors (Lipinski definition) is 5. The third-order valence-electron chi connectivity index (χ3n) is 2.72. The molecule has 0 radical (unpaired) electrons. The topological polar surface area (TPSA) is 54.0 Å². The molecule has 0 aliphatic carbocycles. The number of fused-ring (bicyclic) bond motifs is 1. The molecule has 0 amide bonds. The molecule has 0 aromatic heterocycles. The summed E-state index contributed by atoms with van der Waals surface area (Å²) in [4.78, 5) is 11.6. The molecule has 0 bridgehead atoms. The van der Waals surface area contributed by atoms with E-state index in [1.807, 2.05) is 0 Å². The summed E-state index contributed by atoms with van der Waals surface area (Å²) in [6.07, 6.45) is -0.816. The molecule has 0 unspecified atom stereocenters. The smallest absolute Gasteiger partial charge is 0.187 e. The average Bonchev–Trinajstić information content (AvgIpc) is 2.69. The van der Waals surface area contributed by atoms with Crippen molar-refractivity contribution in [2.24, 2.45) is 0 Å². The molecule has 0 aromatic carbocycles. The summed E-state index contributed by atoms with van der Waals surface area (Å²) in [7, 11) is 1.51. The van der Waals surface area contributed by atoms with Crippen molar-refractivity contribution in [3.63, 3.8) is 0 Å².